The summed E-state index contributed by atoms with van der Waals surface area (Å²) in [6.07, 6.45) is 0. The fourth-order valence-electron chi connectivity index (χ4n) is 0. The summed E-state index contributed by atoms with van der Waals surface area (Å²) in [7, 11) is 0. The summed E-state index contributed by atoms with van der Waals surface area (Å²) in [5, 5.41) is 0. The van der Waals surface area contributed by atoms with Gasteiger partial charge in [0.25, 0.3) is 0 Å². The predicted octanol–water partition coefficient (Wildman–Crippen LogP) is -1.19. The molecule has 0 unspecified atom stereocenters. The van der Waals surface area contributed by atoms with Crippen molar-refractivity contribution in [2.75, 3.05) is 0 Å². The molecule has 0 fully saturated rings. The molecule has 0 atom stereocenters. The maximum absolute atomic E-state index is 0. The van der Waals surface area contributed by atoms with Crippen molar-refractivity contribution < 1.29 is 61.8 Å². The largest absolute Gasteiger partial charge is 0.187 e. The zero-order valence-electron chi connectivity index (χ0n) is 1.30. The van der Waals surface area contributed by atoms with E-state index >= 15 is 0 Å². The fourth-order valence-corrected chi connectivity index (χ4v) is 0. The first kappa shape index (κ1) is 31.3. The van der Waals surface area contributed by atoms with Gasteiger partial charge in [-0.15, -0.1) is 0 Å². The van der Waals surface area contributed by atoms with E-state index in [0.717, 1.165) is 0 Å². The van der Waals surface area contributed by atoms with Crippen molar-refractivity contribution in [1.82, 2.24) is 0 Å². The van der Waals surface area contributed by atoms with E-state index in [0.29, 0.717) is 0 Å². The molecule has 1 radical (unpaired) electrons. The zero-order valence-corrected chi connectivity index (χ0v) is 6.26. The first-order valence-corrected chi connectivity index (χ1v) is 0. The fraction of sp³-hybridized carbons (Fsp3) is 0. The molecular formula is H3AlFeVZr. The van der Waals surface area contributed by atoms with Gasteiger partial charge in [-0.2, -0.15) is 0 Å². The molecule has 0 aromatic carbocycles. The van der Waals surface area contributed by atoms with E-state index in [2.05, 4.69) is 0 Å². The zero-order chi connectivity index (χ0) is 0. The quantitative estimate of drug-likeness (QED) is 0.457. The molecule has 0 saturated heterocycles. The number of hydrogen-bond acceptors (Lipinski definition) is 0. The second kappa shape index (κ2) is 17.8. The van der Waals surface area contributed by atoms with E-state index in [4.69, 9.17) is 0 Å². The molecule has 4 heteroatoms. The second-order valence-electron chi connectivity index (χ2n) is 0. The van der Waals surface area contributed by atoms with Crippen LogP contribution in [0.2, 0.25) is 0 Å². The Morgan fingerprint density at radius 2 is 1.00 bits per heavy atom. The Morgan fingerprint density at radius 3 is 1.00 bits per heavy atom. The molecule has 0 rings (SSSR count). The van der Waals surface area contributed by atoms with Crippen molar-refractivity contribution in [3.63, 3.8) is 0 Å². The van der Waals surface area contributed by atoms with Crippen molar-refractivity contribution >= 4 is 17.4 Å². The van der Waals surface area contributed by atoms with E-state index < -0.39 is 0 Å². The summed E-state index contributed by atoms with van der Waals surface area (Å²) < 4.78 is 0. The van der Waals surface area contributed by atoms with Gasteiger partial charge in [-0.1, -0.05) is 0 Å². The molecular weight excluding hydrogens is 225 g/mol. The maximum Gasteiger partial charge on any atom is 0.187 e. The summed E-state index contributed by atoms with van der Waals surface area (Å²) in [6, 6.07) is 0. The molecule has 0 amide bonds. The van der Waals surface area contributed by atoms with Crippen LogP contribution in [-0.4, -0.2) is 17.4 Å². The Kier molecular flexibility index (Phi) is 139. The summed E-state index contributed by atoms with van der Waals surface area (Å²) in [6.45, 7) is 0. The van der Waals surface area contributed by atoms with Crippen LogP contribution in [-0.2, 0) is 61.8 Å². The number of rotatable bonds is 0. The topological polar surface area (TPSA) is 0 Å². The molecule has 0 aromatic rings. The molecule has 4 heavy (non-hydrogen) atoms. The van der Waals surface area contributed by atoms with Crippen molar-refractivity contribution in [1.29, 1.82) is 0 Å². The Bertz CT molecular complexity index is 8.00. The summed E-state index contributed by atoms with van der Waals surface area (Å²) in [5.74, 6) is 0. The molecule has 0 N–H and O–H groups in total. The third kappa shape index (κ3) is 8.82. The SMILES string of the molecule is [AlH3].[Fe].[V].[Zr]. The van der Waals surface area contributed by atoms with E-state index in [9.17, 15) is 0 Å². The minimum Gasteiger partial charge on any atom is 0 e. The first-order valence-electron chi connectivity index (χ1n) is 0. The van der Waals surface area contributed by atoms with Crippen molar-refractivity contribution in [2.24, 2.45) is 0 Å². The molecule has 0 nitrogen and oxygen atoms in total. The average Bonchev–Trinajstić information content (AvgIpc) is 0. The molecule has 0 heterocycles. The molecule has 23 valence electrons. The smallest absolute Gasteiger partial charge is 0 e. The third-order valence-corrected chi connectivity index (χ3v) is 0. The Balaban J connectivity index is 0. The van der Waals surface area contributed by atoms with Crippen LogP contribution >= 0.6 is 0 Å². The first-order chi connectivity index (χ1) is 0. The van der Waals surface area contributed by atoms with Gasteiger partial charge in [0.15, 0.2) is 17.4 Å². The molecule has 0 aliphatic heterocycles. The summed E-state index contributed by atoms with van der Waals surface area (Å²) >= 11 is 0. The van der Waals surface area contributed by atoms with E-state index in [1.165, 1.54) is 0 Å². The predicted molar refractivity (Wildman–Crippen MR) is 9.94 cm³/mol. The van der Waals surface area contributed by atoms with Crippen LogP contribution in [0.15, 0.2) is 0 Å². The maximum atomic E-state index is 0. The van der Waals surface area contributed by atoms with E-state index in [1.807, 2.05) is 0 Å². The Morgan fingerprint density at radius 1 is 1.00 bits per heavy atom. The van der Waals surface area contributed by atoms with E-state index in [1.54, 1.807) is 0 Å². The number of hydrogen-bond donors (Lipinski definition) is 0. The molecule has 0 aromatic heterocycles. The third-order valence-electron chi connectivity index (χ3n) is 0. The van der Waals surface area contributed by atoms with Crippen LogP contribution in [0.5, 0.6) is 0 Å². The normalized spacial score (nSPS) is 0. The minimum atomic E-state index is 0. The van der Waals surface area contributed by atoms with Gasteiger partial charge in [-0.3, -0.25) is 0 Å². The summed E-state index contributed by atoms with van der Waals surface area (Å²) in [5.41, 5.74) is 0. The van der Waals surface area contributed by atoms with Crippen molar-refractivity contribution in [3.8, 4) is 0 Å². The monoisotopic (exact) mass is 227 g/mol. The van der Waals surface area contributed by atoms with E-state index in [-0.39, 0.29) is 79.2 Å². The Labute approximate surface area is 78.1 Å². The van der Waals surface area contributed by atoms with Gasteiger partial charge in [-0.05, 0) is 0 Å². The van der Waals surface area contributed by atoms with Crippen LogP contribution in [0.25, 0.3) is 0 Å². The van der Waals surface area contributed by atoms with Gasteiger partial charge >= 0.3 is 0 Å². The van der Waals surface area contributed by atoms with Gasteiger partial charge in [0, 0.05) is 61.8 Å². The van der Waals surface area contributed by atoms with Gasteiger partial charge in [-0.25, -0.2) is 0 Å². The molecule has 0 saturated carbocycles. The van der Waals surface area contributed by atoms with Crippen molar-refractivity contribution in [2.45, 2.75) is 0 Å². The van der Waals surface area contributed by atoms with Gasteiger partial charge in [0.05, 0.1) is 0 Å². The molecule has 0 aliphatic carbocycles. The van der Waals surface area contributed by atoms with Crippen LogP contribution in [0.1, 0.15) is 0 Å². The second-order valence-corrected chi connectivity index (χ2v) is 0. The van der Waals surface area contributed by atoms with Crippen LogP contribution in [0, 0.1) is 0 Å². The summed E-state index contributed by atoms with van der Waals surface area (Å²) in [4.78, 5) is 0. The van der Waals surface area contributed by atoms with Crippen molar-refractivity contribution in [3.05, 3.63) is 0 Å². The van der Waals surface area contributed by atoms with Gasteiger partial charge in [0.1, 0.15) is 0 Å². The molecule has 0 bridgehead atoms. The molecule has 0 spiro atoms. The Hall–Kier alpha value is 2.52. The minimum absolute atomic E-state index is 0. The van der Waals surface area contributed by atoms with Crippen LogP contribution in [0.4, 0.5) is 0 Å². The van der Waals surface area contributed by atoms with Crippen LogP contribution in [0.3, 0.4) is 0 Å². The standard InChI is InChI=1S/Al.Fe.V.Zr.3H. The molecule has 0 aliphatic rings. The van der Waals surface area contributed by atoms with Crippen LogP contribution < -0.4 is 0 Å². The van der Waals surface area contributed by atoms with Gasteiger partial charge < -0.3 is 0 Å². The average molecular weight is 228 g/mol. The van der Waals surface area contributed by atoms with Gasteiger partial charge in [0.2, 0.25) is 0 Å².